The zero-order chi connectivity index (χ0) is 21.4. The van der Waals surface area contributed by atoms with E-state index in [2.05, 4.69) is 6.92 Å². The smallest absolute Gasteiger partial charge is 0.384 e. The van der Waals surface area contributed by atoms with Crippen LogP contribution in [0.5, 0.6) is 0 Å². The van der Waals surface area contributed by atoms with Gasteiger partial charge in [0.25, 0.3) is 0 Å². The predicted octanol–water partition coefficient (Wildman–Crippen LogP) is 7.13. The van der Waals surface area contributed by atoms with Gasteiger partial charge >= 0.3 is 6.18 Å². The van der Waals surface area contributed by atoms with Gasteiger partial charge in [-0.05, 0) is 98.7 Å². The fourth-order valence-corrected chi connectivity index (χ4v) is 8.01. The minimum atomic E-state index is -4.46. The highest BCUT2D eigenvalue weighted by Crippen LogP contribution is 2.65. The first-order valence-electron chi connectivity index (χ1n) is 11.9. The Balaban J connectivity index is 0.00000117. The average molecular weight is 416 g/mol. The zero-order valence-corrected chi connectivity index (χ0v) is 18.7. The molecule has 0 aromatic heterocycles. The Morgan fingerprint density at radius 3 is 2.31 bits per heavy atom. The van der Waals surface area contributed by atoms with Crippen LogP contribution in [-0.4, -0.2) is 25.6 Å². The van der Waals surface area contributed by atoms with Gasteiger partial charge in [0.05, 0.1) is 0 Å². The first kappa shape index (κ1) is 23.1. The SMILES string of the molecule is CC.COCC1CCC2C(CCC3C2CCC2(C)C(C(=N)C(F)(F)F)CCC32)C1. The molecule has 8 atom stereocenters. The molecule has 0 heterocycles. The topological polar surface area (TPSA) is 33.1 Å². The number of nitrogens with one attached hydrogen (secondary N) is 1. The maximum Gasteiger partial charge on any atom is 0.429 e. The van der Waals surface area contributed by atoms with E-state index in [1.165, 1.54) is 32.1 Å². The fourth-order valence-electron chi connectivity index (χ4n) is 8.01. The Morgan fingerprint density at radius 2 is 1.66 bits per heavy atom. The van der Waals surface area contributed by atoms with E-state index in [0.717, 1.165) is 37.7 Å². The van der Waals surface area contributed by atoms with E-state index in [0.29, 0.717) is 30.1 Å². The monoisotopic (exact) mass is 415 g/mol. The van der Waals surface area contributed by atoms with Crippen molar-refractivity contribution in [3.8, 4) is 0 Å². The van der Waals surface area contributed by atoms with Crippen LogP contribution >= 0.6 is 0 Å². The lowest BCUT2D eigenvalue weighted by atomic mass is 9.49. The number of hydrogen-bond acceptors (Lipinski definition) is 2. The summed E-state index contributed by atoms with van der Waals surface area (Å²) in [5.41, 5.74) is -1.27. The molecule has 0 spiro atoms. The van der Waals surface area contributed by atoms with Gasteiger partial charge in [-0.15, -0.1) is 0 Å². The molecule has 1 N–H and O–H groups in total. The summed E-state index contributed by atoms with van der Waals surface area (Å²) in [6.07, 6.45) is 5.21. The molecule has 168 valence electrons. The lowest BCUT2D eigenvalue weighted by molar-refractivity contribution is -0.0817. The molecule has 0 saturated heterocycles. The molecule has 4 saturated carbocycles. The highest BCUT2D eigenvalue weighted by Gasteiger charge is 2.60. The summed E-state index contributed by atoms with van der Waals surface area (Å²) >= 11 is 0. The van der Waals surface area contributed by atoms with Crippen molar-refractivity contribution in [2.45, 2.75) is 84.7 Å². The van der Waals surface area contributed by atoms with Crippen molar-refractivity contribution in [3.63, 3.8) is 0 Å². The van der Waals surface area contributed by atoms with Gasteiger partial charge in [-0.1, -0.05) is 20.8 Å². The molecule has 0 aromatic carbocycles. The molecule has 29 heavy (non-hydrogen) atoms. The van der Waals surface area contributed by atoms with Crippen LogP contribution in [-0.2, 0) is 4.74 Å². The van der Waals surface area contributed by atoms with E-state index in [1.54, 1.807) is 7.11 Å². The number of methoxy groups -OCH3 is 1. The van der Waals surface area contributed by atoms with Crippen LogP contribution < -0.4 is 0 Å². The normalized spacial score (nSPS) is 44.0. The van der Waals surface area contributed by atoms with E-state index in [-0.39, 0.29) is 5.41 Å². The first-order chi connectivity index (χ1) is 13.8. The number of rotatable bonds is 3. The maximum absolute atomic E-state index is 13.2. The lowest BCUT2D eigenvalue weighted by Gasteiger charge is -2.56. The fraction of sp³-hybridized carbons (Fsp3) is 0.958. The van der Waals surface area contributed by atoms with Gasteiger partial charge in [0.1, 0.15) is 5.71 Å². The highest BCUT2D eigenvalue weighted by atomic mass is 19.4. The van der Waals surface area contributed by atoms with Crippen molar-refractivity contribution in [1.82, 2.24) is 0 Å². The van der Waals surface area contributed by atoms with Crippen molar-refractivity contribution in [2.24, 2.45) is 46.8 Å². The van der Waals surface area contributed by atoms with Crippen molar-refractivity contribution < 1.29 is 17.9 Å². The minimum absolute atomic E-state index is 0.312. The second-order valence-corrected chi connectivity index (χ2v) is 10.2. The summed E-state index contributed by atoms with van der Waals surface area (Å²) in [5, 5.41) is 7.79. The van der Waals surface area contributed by atoms with E-state index in [4.69, 9.17) is 10.1 Å². The Hall–Kier alpha value is -0.580. The summed E-state index contributed by atoms with van der Waals surface area (Å²) < 4.78 is 45.1. The van der Waals surface area contributed by atoms with Gasteiger partial charge in [0, 0.05) is 19.6 Å². The van der Waals surface area contributed by atoms with E-state index in [1.807, 2.05) is 13.8 Å². The van der Waals surface area contributed by atoms with Crippen molar-refractivity contribution in [2.75, 3.05) is 13.7 Å². The van der Waals surface area contributed by atoms with Gasteiger partial charge in [0.15, 0.2) is 0 Å². The van der Waals surface area contributed by atoms with Crippen LogP contribution in [0.25, 0.3) is 0 Å². The molecular weight excluding hydrogens is 375 g/mol. The predicted molar refractivity (Wildman–Crippen MR) is 111 cm³/mol. The molecule has 4 aliphatic carbocycles. The van der Waals surface area contributed by atoms with Crippen LogP contribution in [0, 0.1) is 52.2 Å². The van der Waals surface area contributed by atoms with Crippen molar-refractivity contribution >= 4 is 5.71 Å². The van der Waals surface area contributed by atoms with E-state index < -0.39 is 17.8 Å². The molecule has 0 amide bonds. The van der Waals surface area contributed by atoms with Crippen LogP contribution in [0.1, 0.15) is 78.6 Å². The third kappa shape index (κ3) is 4.14. The summed E-state index contributed by atoms with van der Waals surface area (Å²) in [6, 6.07) is 0. The third-order valence-electron chi connectivity index (χ3n) is 9.12. The molecule has 0 bridgehead atoms. The largest absolute Gasteiger partial charge is 0.429 e. The molecule has 0 aromatic rings. The Kier molecular flexibility index (Phi) is 7.07. The van der Waals surface area contributed by atoms with E-state index in [9.17, 15) is 13.2 Å². The zero-order valence-electron chi connectivity index (χ0n) is 18.7. The van der Waals surface area contributed by atoms with Gasteiger partial charge in [-0.25, -0.2) is 0 Å². The second-order valence-electron chi connectivity index (χ2n) is 10.2. The molecule has 4 rings (SSSR count). The molecule has 0 aliphatic heterocycles. The second kappa shape index (κ2) is 8.88. The lowest BCUT2D eigenvalue weighted by Crippen LogP contribution is -2.50. The number of fused-ring (bicyclic) bond motifs is 5. The van der Waals surface area contributed by atoms with Crippen LogP contribution in [0.15, 0.2) is 0 Å². The molecule has 2 nitrogen and oxygen atoms in total. The van der Waals surface area contributed by atoms with Crippen LogP contribution in [0.3, 0.4) is 0 Å². The number of hydrogen-bond donors (Lipinski definition) is 1. The minimum Gasteiger partial charge on any atom is -0.384 e. The quantitative estimate of drug-likeness (QED) is 0.489. The van der Waals surface area contributed by atoms with Gasteiger partial charge in [-0.2, -0.15) is 13.2 Å². The standard InChI is InChI=1S/C22H34F3NO.C2H6/c1-21-10-9-16-15-5-3-13(12-27-2)11-14(15)4-6-17(16)18(21)7-8-19(21)20(26)22(23,24)25;1-2/h13-19,26H,3-12H2,1-2H3;1-2H3. The molecule has 8 unspecified atom stereocenters. The molecule has 4 fully saturated rings. The Labute approximate surface area is 174 Å². The Bertz CT molecular complexity index is 577. The van der Waals surface area contributed by atoms with Crippen molar-refractivity contribution in [3.05, 3.63) is 0 Å². The number of halogens is 3. The Morgan fingerprint density at radius 1 is 0.966 bits per heavy atom. The van der Waals surface area contributed by atoms with Gasteiger partial charge in [-0.3, -0.25) is 0 Å². The average Bonchev–Trinajstić information content (AvgIpc) is 3.05. The summed E-state index contributed by atoms with van der Waals surface area (Å²) in [6.45, 7) is 6.95. The molecule has 0 radical (unpaired) electrons. The van der Waals surface area contributed by atoms with Gasteiger partial charge < -0.3 is 10.1 Å². The summed E-state index contributed by atoms with van der Waals surface area (Å²) in [7, 11) is 1.79. The van der Waals surface area contributed by atoms with E-state index >= 15 is 0 Å². The van der Waals surface area contributed by atoms with Crippen LogP contribution in [0.2, 0.25) is 0 Å². The number of alkyl halides is 3. The molecular formula is C24H40F3NO. The highest BCUT2D eigenvalue weighted by molar-refractivity contribution is 5.90. The maximum atomic E-state index is 13.2. The number of ether oxygens (including phenoxy) is 1. The molecule has 4 aliphatic rings. The summed E-state index contributed by atoms with van der Waals surface area (Å²) in [5.74, 6) is 3.39. The summed E-state index contributed by atoms with van der Waals surface area (Å²) in [4.78, 5) is 0. The molecule has 5 heteroatoms. The van der Waals surface area contributed by atoms with Crippen LogP contribution in [0.4, 0.5) is 13.2 Å². The van der Waals surface area contributed by atoms with Crippen molar-refractivity contribution in [1.29, 1.82) is 5.41 Å². The first-order valence-corrected chi connectivity index (χ1v) is 11.9. The van der Waals surface area contributed by atoms with Gasteiger partial charge in [0.2, 0.25) is 0 Å². The third-order valence-corrected chi connectivity index (χ3v) is 9.12.